The summed E-state index contributed by atoms with van der Waals surface area (Å²) in [5, 5.41) is 2.48. The van der Waals surface area contributed by atoms with Gasteiger partial charge >= 0.3 is 294 Å². The fraction of sp³-hybridized carbons (Fsp3) is 0. The molecule has 0 aliphatic rings. The SMILES string of the molecule is [SeH]c1ccc(-c2ccc3c(c2)c2ccccc2n3-c2ccccc2)cc1-c1cccc(-c2nc(-c3ccccc3)nc(-c3ccccc3)n2)c1. The summed E-state index contributed by atoms with van der Waals surface area (Å²) in [6.45, 7) is 0. The van der Waals surface area contributed by atoms with E-state index < -0.39 is 0 Å². The molecule has 9 rings (SSSR count). The van der Waals surface area contributed by atoms with Gasteiger partial charge in [-0.05, 0) is 0 Å². The maximum absolute atomic E-state index is 4.97. The van der Waals surface area contributed by atoms with Gasteiger partial charge in [0, 0.05) is 0 Å². The number of hydrogen-bond acceptors (Lipinski definition) is 3. The molecule has 0 unspecified atom stereocenters. The summed E-state index contributed by atoms with van der Waals surface area (Å²) in [7, 11) is 0. The molecule has 0 N–H and O–H groups in total. The summed E-state index contributed by atoms with van der Waals surface area (Å²) in [6.07, 6.45) is 0. The van der Waals surface area contributed by atoms with E-state index in [0.717, 1.165) is 43.5 Å². The van der Waals surface area contributed by atoms with E-state index in [1.54, 1.807) is 0 Å². The quantitative estimate of drug-likeness (QED) is 0.162. The van der Waals surface area contributed by atoms with Crippen LogP contribution < -0.4 is 4.46 Å². The van der Waals surface area contributed by atoms with Crippen LogP contribution in [0.3, 0.4) is 0 Å². The van der Waals surface area contributed by atoms with Gasteiger partial charge in [-0.3, -0.25) is 0 Å². The molecule has 0 aliphatic heterocycles. The summed E-state index contributed by atoms with van der Waals surface area (Å²) in [5.41, 5.74) is 11.0. The van der Waals surface area contributed by atoms with Crippen LogP contribution >= 0.6 is 0 Å². The Morgan fingerprint density at radius 3 is 1.58 bits per heavy atom. The minimum atomic E-state index is 0.642. The molecule has 0 amide bonds. The van der Waals surface area contributed by atoms with Crippen molar-refractivity contribution < 1.29 is 0 Å². The third kappa shape index (κ3) is 5.49. The van der Waals surface area contributed by atoms with Gasteiger partial charge in [-0.2, -0.15) is 0 Å². The van der Waals surface area contributed by atoms with Gasteiger partial charge in [0.15, 0.2) is 0 Å². The average molecular weight is 706 g/mol. The van der Waals surface area contributed by atoms with E-state index >= 15 is 0 Å². The molecule has 0 saturated heterocycles. The Balaban J connectivity index is 1.14. The second kappa shape index (κ2) is 12.7. The van der Waals surface area contributed by atoms with E-state index in [2.05, 4.69) is 136 Å². The van der Waals surface area contributed by atoms with Crippen LogP contribution in [0.4, 0.5) is 0 Å². The zero-order valence-corrected chi connectivity index (χ0v) is 28.9. The third-order valence-corrected chi connectivity index (χ3v) is 9.97. The number of hydrogen-bond donors (Lipinski definition) is 0. The maximum atomic E-state index is 4.97. The molecule has 0 atom stereocenters. The molecule has 7 aromatic carbocycles. The molecular weight excluding hydrogens is 675 g/mol. The van der Waals surface area contributed by atoms with Gasteiger partial charge in [0.25, 0.3) is 0 Å². The van der Waals surface area contributed by atoms with Crippen LogP contribution in [-0.4, -0.2) is 35.5 Å². The second-order valence-corrected chi connectivity index (χ2v) is 13.3. The molecule has 9 aromatic rings. The van der Waals surface area contributed by atoms with Crippen molar-refractivity contribution in [2.24, 2.45) is 0 Å². The normalized spacial score (nSPS) is 11.3. The molecule has 50 heavy (non-hydrogen) atoms. The predicted molar refractivity (Wildman–Crippen MR) is 208 cm³/mol. The molecular formula is C45H30N4Se. The molecule has 5 heteroatoms. The zero-order valence-electron chi connectivity index (χ0n) is 27.0. The number of benzene rings is 7. The van der Waals surface area contributed by atoms with Gasteiger partial charge in [-0.25, -0.2) is 0 Å². The standard InChI is InChI=1S/C45H30N4Se/c50-42-26-24-33(32-23-25-41-39(29-32)37-21-10-11-22-40(37)49(41)36-19-8-3-9-20-36)28-38(42)34-17-12-18-35(27-34)45-47-43(30-13-4-1-5-14-30)46-44(48-45)31-15-6-2-7-16-31/h1-29,50H. The van der Waals surface area contributed by atoms with Gasteiger partial charge in [-0.1, -0.05) is 6.07 Å². The summed E-state index contributed by atoms with van der Waals surface area (Å²) < 4.78 is 3.50. The third-order valence-electron chi connectivity index (χ3n) is 9.15. The number of aromatic nitrogens is 4. The van der Waals surface area contributed by atoms with E-state index in [9.17, 15) is 0 Å². The topological polar surface area (TPSA) is 43.6 Å². The van der Waals surface area contributed by atoms with Crippen molar-refractivity contribution in [2.45, 2.75) is 0 Å². The van der Waals surface area contributed by atoms with Crippen LogP contribution in [0.25, 0.3) is 83.9 Å². The molecule has 0 bridgehead atoms. The van der Waals surface area contributed by atoms with Crippen LogP contribution in [0.2, 0.25) is 0 Å². The van der Waals surface area contributed by atoms with Crippen molar-refractivity contribution >= 4 is 42.3 Å². The molecule has 236 valence electrons. The van der Waals surface area contributed by atoms with E-state index in [4.69, 9.17) is 15.0 Å². The van der Waals surface area contributed by atoms with Crippen LogP contribution in [0.1, 0.15) is 0 Å². The van der Waals surface area contributed by atoms with Gasteiger partial charge in [0.1, 0.15) is 0 Å². The van der Waals surface area contributed by atoms with Gasteiger partial charge in [-0.15, -0.1) is 0 Å². The van der Waals surface area contributed by atoms with E-state index in [1.807, 2.05) is 60.7 Å². The number of para-hydroxylation sites is 2. The van der Waals surface area contributed by atoms with E-state index in [0.29, 0.717) is 17.5 Å². The molecule has 0 radical (unpaired) electrons. The molecule has 4 nitrogen and oxygen atoms in total. The summed E-state index contributed by atoms with van der Waals surface area (Å²) in [6, 6.07) is 61.5. The Kier molecular flexibility index (Phi) is 7.62. The van der Waals surface area contributed by atoms with Crippen molar-refractivity contribution in [1.82, 2.24) is 19.5 Å². The molecule has 2 aromatic heterocycles. The van der Waals surface area contributed by atoms with Crippen LogP contribution in [0.15, 0.2) is 176 Å². The first-order valence-corrected chi connectivity index (χ1v) is 17.5. The van der Waals surface area contributed by atoms with Gasteiger partial charge in [0.2, 0.25) is 0 Å². The average Bonchev–Trinajstić information content (AvgIpc) is 3.53. The minimum absolute atomic E-state index is 0.642. The Bertz CT molecular complexity index is 2590. The molecule has 0 saturated carbocycles. The Morgan fingerprint density at radius 2 is 0.880 bits per heavy atom. The fourth-order valence-electron chi connectivity index (χ4n) is 6.72. The first-order valence-electron chi connectivity index (χ1n) is 16.6. The van der Waals surface area contributed by atoms with Crippen molar-refractivity contribution in [1.29, 1.82) is 0 Å². The van der Waals surface area contributed by atoms with Crippen LogP contribution in [-0.2, 0) is 0 Å². The monoisotopic (exact) mass is 706 g/mol. The molecule has 0 spiro atoms. The van der Waals surface area contributed by atoms with Gasteiger partial charge < -0.3 is 0 Å². The molecule has 0 fully saturated rings. The molecule has 2 heterocycles. The second-order valence-electron chi connectivity index (χ2n) is 12.3. The number of fused-ring (bicyclic) bond motifs is 3. The molecule has 0 aliphatic carbocycles. The van der Waals surface area contributed by atoms with Crippen LogP contribution in [0, 0.1) is 0 Å². The number of rotatable bonds is 6. The Labute approximate surface area is 298 Å². The summed E-state index contributed by atoms with van der Waals surface area (Å²) in [5.74, 6) is 1.94. The van der Waals surface area contributed by atoms with E-state index in [1.165, 1.54) is 27.4 Å². The number of nitrogens with zero attached hydrogens (tertiary/aromatic N) is 4. The van der Waals surface area contributed by atoms with Crippen molar-refractivity contribution in [3.8, 4) is 62.1 Å². The Hall–Kier alpha value is -6.13. The Morgan fingerprint density at radius 1 is 0.360 bits per heavy atom. The van der Waals surface area contributed by atoms with Crippen molar-refractivity contribution in [3.05, 3.63) is 176 Å². The fourth-order valence-corrected chi connectivity index (χ4v) is 7.28. The van der Waals surface area contributed by atoms with E-state index in [-0.39, 0.29) is 0 Å². The first kappa shape index (κ1) is 30.0. The predicted octanol–water partition coefficient (Wildman–Crippen LogP) is 9.83. The van der Waals surface area contributed by atoms with Crippen LogP contribution in [0.5, 0.6) is 0 Å². The van der Waals surface area contributed by atoms with Crippen molar-refractivity contribution in [2.75, 3.05) is 0 Å². The van der Waals surface area contributed by atoms with Gasteiger partial charge in [0.05, 0.1) is 0 Å². The first-order chi connectivity index (χ1) is 24.7. The summed E-state index contributed by atoms with van der Waals surface area (Å²) in [4.78, 5) is 14.8. The zero-order chi connectivity index (χ0) is 33.4. The summed E-state index contributed by atoms with van der Waals surface area (Å²) >= 11 is 2.74. The van der Waals surface area contributed by atoms with Crippen molar-refractivity contribution in [3.63, 3.8) is 0 Å².